The third-order valence-electron chi connectivity index (χ3n) is 3.19. The fraction of sp³-hybridized carbons (Fsp3) is 0. The second-order valence-corrected chi connectivity index (χ2v) is 11.6. The van der Waals surface area contributed by atoms with E-state index >= 15 is 0 Å². The topological polar surface area (TPSA) is 0 Å². The molecule has 0 bridgehead atoms. The molecule has 4 radical (unpaired) electrons. The molecule has 94 valence electrons. The maximum atomic E-state index is 2.29. The maximum absolute atomic E-state index is 2.29. The van der Waals surface area contributed by atoms with Gasteiger partial charge in [-0.2, -0.15) is 0 Å². The van der Waals surface area contributed by atoms with Gasteiger partial charge in [-0.15, -0.1) is 0 Å². The SMILES string of the molecule is [B-].c1cc[c]([Sn+]([c]2ccccc2)[c]2ccccc2)cc1. The minimum atomic E-state index is -1.98. The molecule has 0 aliphatic heterocycles. The van der Waals surface area contributed by atoms with Gasteiger partial charge >= 0.3 is 121 Å². The summed E-state index contributed by atoms with van der Waals surface area (Å²) in [5.41, 5.74) is 0. The van der Waals surface area contributed by atoms with E-state index in [1.54, 1.807) is 0 Å². The molecule has 0 amide bonds. The fourth-order valence-corrected chi connectivity index (χ4v) is 9.67. The Balaban J connectivity index is 0.00000147. The molecule has 3 rings (SSSR count). The minimum absolute atomic E-state index is 0. The molecule has 0 aromatic heterocycles. The van der Waals surface area contributed by atoms with E-state index in [2.05, 4.69) is 91.0 Å². The zero-order valence-corrected chi connectivity index (χ0v) is 14.1. The van der Waals surface area contributed by atoms with Crippen molar-refractivity contribution in [3.8, 4) is 0 Å². The average molecular weight is 361 g/mol. The van der Waals surface area contributed by atoms with Crippen molar-refractivity contribution in [1.82, 2.24) is 0 Å². The monoisotopic (exact) mass is 362 g/mol. The summed E-state index contributed by atoms with van der Waals surface area (Å²) < 4.78 is 4.59. The molecule has 0 aliphatic carbocycles. The Morgan fingerprint density at radius 3 is 0.900 bits per heavy atom. The Hall–Kier alpha value is -1.48. The summed E-state index contributed by atoms with van der Waals surface area (Å²) in [6, 6.07) is 32.9. The third-order valence-corrected chi connectivity index (χ3v) is 11.0. The van der Waals surface area contributed by atoms with Crippen molar-refractivity contribution in [1.29, 1.82) is 0 Å². The predicted octanol–water partition coefficient (Wildman–Crippen LogP) is 1.82. The number of hydrogen-bond donors (Lipinski definition) is 0. The Morgan fingerprint density at radius 1 is 0.400 bits per heavy atom. The average Bonchev–Trinajstić information content (AvgIpc) is 2.51. The molecule has 2 heteroatoms. The van der Waals surface area contributed by atoms with E-state index in [0.29, 0.717) is 0 Å². The van der Waals surface area contributed by atoms with Crippen molar-refractivity contribution in [3.63, 3.8) is 0 Å². The van der Waals surface area contributed by atoms with E-state index in [4.69, 9.17) is 0 Å². The van der Waals surface area contributed by atoms with Gasteiger partial charge in [-0.1, -0.05) is 0 Å². The van der Waals surface area contributed by atoms with Gasteiger partial charge in [0.05, 0.1) is 0 Å². The molecule has 0 unspecified atom stereocenters. The van der Waals surface area contributed by atoms with Gasteiger partial charge in [-0.25, -0.2) is 0 Å². The third kappa shape index (κ3) is 3.34. The summed E-state index contributed by atoms with van der Waals surface area (Å²) in [6.45, 7) is 0. The van der Waals surface area contributed by atoms with E-state index in [1.165, 1.54) is 10.7 Å². The molecule has 0 aliphatic rings. The molecule has 3 aromatic rings. The number of rotatable bonds is 3. The second kappa shape index (κ2) is 7.34. The van der Waals surface area contributed by atoms with Crippen LogP contribution in [0.1, 0.15) is 0 Å². The molecule has 0 fully saturated rings. The van der Waals surface area contributed by atoms with Crippen LogP contribution in [0.5, 0.6) is 0 Å². The molecule has 0 nitrogen and oxygen atoms in total. The Labute approximate surface area is 129 Å². The molecule has 0 N–H and O–H groups in total. The van der Waals surface area contributed by atoms with Gasteiger partial charge in [0.2, 0.25) is 0 Å². The zero-order chi connectivity index (χ0) is 12.9. The van der Waals surface area contributed by atoms with E-state index in [9.17, 15) is 0 Å². The van der Waals surface area contributed by atoms with Crippen LogP contribution in [0.4, 0.5) is 0 Å². The summed E-state index contributed by atoms with van der Waals surface area (Å²) in [5, 5.41) is 0. The predicted molar refractivity (Wildman–Crippen MR) is 89.7 cm³/mol. The van der Waals surface area contributed by atoms with Gasteiger partial charge in [0.1, 0.15) is 0 Å². The van der Waals surface area contributed by atoms with Crippen LogP contribution in [0.3, 0.4) is 0 Å². The van der Waals surface area contributed by atoms with Crippen LogP contribution in [-0.2, 0) is 0 Å². The molecule has 0 heterocycles. The zero-order valence-electron chi connectivity index (χ0n) is 11.2. The Kier molecular flexibility index (Phi) is 5.48. The first kappa shape index (κ1) is 14.9. The fourth-order valence-electron chi connectivity index (χ4n) is 2.31. The molecule has 3 aromatic carbocycles. The quantitative estimate of drug-likeness (QED) is 0.625. The van der Waals surface area contributed by atoms with Gasteiger partial charge in [0.25, 0.3) is 0 Å². The summed E-state index contributed by atoms with van der Waals surface area (Å²) in [7, 11) is 0. The normalized spacial score (nSPS) is 9.60. The van der Waals surface area contributed by atoms with Crippen molar-refractivity contribution in [2.45, 2.75) is 0 Å². The summed E-state index contributed by atoms with van der Waals surface area (Å²) in [5.74, 6) is 0. The summed E-state index contributed by atoms with van der Waals surface area (Å²) in [4.78, 5) is 0. The first-order valence-electron chi connectivity index (χ1n) is 6.48. The van der Waals surface area contributed by atoms with Crippen molar-refractivity contribution in [2.75, 3.05) is 0 Å². The van der Waals surface area contributed by atoms with E-state index < -0.39 is 19.8 Å². The second-order valence-electron chi connectivity index (χ2n) is 4.47. The molecule has 0 saturated carbocycles. The van der Waals surface area contributed by atoms with Crippen molar-refractivity contribution >= 4 is 38.9 Å². The van der Waals surface area contributed by atoms with Gasteiger partial charge < -0.3 is 8.41 Å². The van der Waals surface area contributed by atoms with Crippen molar-refractivity contribution in [3.05, 3.63) is 91.0 Å². The van der Waals surface area contributed by atoms with Crippen LogP contribution in [-0.4, -0.2) is 28.2 Å². The molecule has 0 saturated heterocycles. The van der Waals surface area contributed by atoms with Gasteiger partial charge in [-0.3, -0.25) is 0 Å². The van der Waals surface area contributed by atoms with Crippen LogP contribution < -0.4 is 10.7 Å². The van der Waals surface area contributed by atoms with Crippen LogP contribution in [0, 0.1) is 0 Å². The van der Waals surface area contributed by atoms with E-state index in [-0.39, 0.29) is 8.41 Å². The standard InChI is InChI=1S/3C6H5.B.Sn/c3*1-2-4-6-5-3-1;;/h3*1-5H;;/q;;;-1;+1. The first-order valence-corrected chi connectivity index (χ1v) is 10.8. The number of hydrogen-bond acceptors (Lipinski definition) is 0. The van der Waals surface area contributed by atoms with Crippen molar-refractivity contribution < 1.29 is 0 Å². The summed E-state index contributed by atoms with van der Waals surface area (Å²) >= 11 is -1.98. The molecule has 20 heavy (non-hydrogen) atoms. The van der Waals surface area contributed by atoms with Gasteiger partial charge in [-0.05, 0) is 0 Å². The van der Waals surface area contributed by atoms with Crippen LogP contribution in [0.25, 0.3) is 0 Å². The molecule has 0 spiro atoms. The van der Waals surface area contributed by atoms with E-state index in [1.807, 2.05) is 0 Å². The first-order chi connectivity index (χ1) is 9.45. The Morgan fingerprint density at radius 2 is 0.650 bits per heavy atom. The van der Waals surface area contributed by atoms with Crippen molar-refractivity contribution in [2.24, 2.45) is 0 Å². The van der Waals surface area contributed by atoms with E-state index in [0.717, 1.165) is 0 Å². The van der Waals surface area contributed by atoms with Crippen LogP contribution >= 0.6 is 0 Å². The van der Waals surface area contributed by atoms with Gasteiger partial charge in [0.15, 0.2) is 0 Å². The summed E-state index contributed by atoms with van der Waals surface area (Å²) in [6.07, 6.45) is 0. The van der Waals surface area contributed by atoms with Crippen LogP contribution in [0.15, 0.2) is 91.0 Å². The molecular weight excluding hydrogens is 346 g/mol. The molecular formula is C18H15BSn. The molecule has 0 atom stereocenters. The number of benzene rings is 3. The Bertz CT molecular complexity index is 529. The van der Waals surface area contributed by atoms with Crippen LogP contribution in [0.2, 0.25) is 0 Å². The van der Waals surface area contributed by atoms with Gasteiger partial charge in [0, 0.05) is 0 Å².